The summed E-state index contributed by atoms with van der Waals surface area (Å²) >= 11 is 0. The Hall–Kier alpha value is -4.07. The number of fused-ring (bicyclic) bond motifs is 1. The first-order valence-electron chi connectivity index (χ1n) is 8.69. The van der Waals surface area contributed by atoms with Crippen LogP contribution in [-0.4, -0.2) is 38.4 Å². The lowest BCUT2D eigenvalue weighted by Gasteiger charge is -2.12. The van der Waals surface area contributed by atoms with Gasteiger partial charge in [0, 0.05) is 17.8 Å². The summed E-state index contributed by atoms with van der Waals surface area (Å²) in [5.74, 6) is -1.11. The van der Waals surface area contributed by atoms with Crippen molar-refractivity contribution in [3.05, 3.63) is 62.2 Å². The molecule has 31 heavy (non-hydrogen) atoms. The number of imidazole rings is 1. The average Bonchev–Trinajstić information content (AvgIpc) is 3.02. The number of nitrogens with one attached hydrogen (secondary N) is 1. The van der Waals surface area contributed by atoms with Gasteiger partial charge in [0.2, 0.25) is 16.0 Å². The van der Waals surface area contributed by atoms with Gasteiger partial charge in [0.1, 0.15) is 0 Å². The molecule has 3 rings (SSSR count). The van der Waals surface area contributed by atoms with Gasteiger partial charge in [0.25, 0.3) is 17.3 Å². The zero-order chi connectivity index (χ0) is 23.1. The SMILES string of the molecule is CC(C)S(=O)(=O)n1c(N)nc2ccc(NC(=O)c3cc([N+](=O)[O-])cc([N+](=O)[O-])c3)cc21. The molecule has 1 heterocycles. The Kier molecular flexibility index (Phi) is 5.33. The second-order valence-electron chi connectivity index (χ2n) is 6.74. The van der Waals surface area contributed by atoms with Crippen LogP contribution in [0.3, 0.4) is 0 Å². The highest BCUT2D eigenvalue weighted by molar-refractivity contribution is 7.90. The van der Waals surface area contributed by atoms with E-state index in [1.54, 1.807) is 0 Å². The summed E-state index contributed by atoms with van der Waals surface area (Å²) in [5.41, 5.74) is 4.73. The van der Waals surface area contributed by atoms with Crippen molar-refractivity contribution in [2.75, 3.05) is 11.1 Å². The molecular formula is C17H16N6O7S. The fourth-order valence-corrected chi connectivity index (χ4v) is 3.91. The van der Waals surface area contributed by atoms with Crippen LogP contribution in [0.5, 0.6) is 0 Å². The van der Waals surface area contributed by atoms with Crippen LogP contribution in [0.1, 0.15) is 24.2 Å². The third kappa shape index (κ3) is 4.00. The average molecular weight is 448 g/mol. The van der Waals surface area contributed by atoms with E-state index in [0.29, 0.717) is 0 Å². The van der Waals surface area contributed by atoms with Crippen molar-refractivity contribution < 1.29 is 23.1 Å². The minimum absolute atomic E-state index is 0.119. The monoisotopic (exact) mass is 448 g/mol. The van der Waals surface area contributed by atoms with E-state index in [9.17, 15) is 33.4 Å². The molecule has 2 aromatic carbocycles. The Bertz CT molecular complexity index is 1310. The molecule has 0 spiro atoms. The number of benzene rings is 2. The van der Waals surface area contributed by atoms with Crippen molar-refractivity contribution in [3.63, 3.8) is 0 Å². The molecule has 0 saturated heterocycles. The largest absolute Gasteiger partial charge is 0.368 e. The van der Waals surface area contributed by atoms with Crippen molar-refractivity contribution in [1.82, 2.24) is 8.96 Å². The van der Waals surface area contributed by atoms with Crippen LogP contribution in [-0.2, 0) is 10.0 Å². The summed E-state index contributed by atoms with van der Waals surface area (Å²) in [7, 11) is -3.85. The molecule has 0 bridgehead atoms. The summed E-state index contributed by atoms with van der Waals surface area (Å²) in [6.45, 7) is 2.95. The zero-order valence-electron chi connectivity index (χ0n) is 16.2. The van der Waals surface area contributed by atoms with E-state index in [1.807, 2.05) is 0 Å². The fourth-order valence-electron chi connectivity index (χ4n) is 2.77. The molecule has 0 aliphatic heterocycles. The van der Waals surface area contributed by atoms with Gasteiger partial charge in [-0.15, -0.1) is 0 Å². The summed E-state index contributed by atoms with van der Waals surface area (Å²) in [6.07, 6.45) is 0. The van der Waals surface area contributed by atoms with E-state index in [4.69, 9.17) is 5.73 Å². The molecule has 0 aliphatic carbocycles. The lowest BCUT2D eigenvalue weighted by atomic mass is 10.1. The number of nitro groups is 2. The van der Waals surface area contributed by atoms with E-state index in [0.717, 1.165) is 22.2 Å². The number of aromatic nitrogens is 2. The third-order valence-electron chi connectivity index (χ3n) is 4.33. The number of nitro benzene ring substituents is 2. The number of hydrogen-bond acceptors (Lipinski definition) is 9. The minimum atomic E-state index is -3.85. The Balaban J connectivity index is 2.04. The number of nitrogens with zero attached hydrogens (tertiary/aromatic N) is 4. The summed E-state index contributed by atoms with van der Waals surface area (Å²) in [6, 6.07) is 6.70. The van der Waals surface area contributed by atoms with Gasteiger partial charge in [-0.3, -0.25) is 25.0 Å². The molecule has 162 valence electrons. The first kappa shape index (κ1) is 21.6. The van der Waals surface area contributed by atoms with Crippen LogP contribution in [0.2, 0.25) is 0 Å². The van der Waals surface area contributed by atoms with Crippen molar-refractivity contribution in [1.29, 1.82) is 0 Å². The van der Waals surface area contributed by atoms with Crippen molar-refractivity contribution in [2.24, 2.45) is 0 Å². The van der Waals surface area contributed by atoms with E-state index < -0.39 is 42.4 Å². The Labute approximate surface area is 174 Å². The maximum Gasteiger partial charge on any atom is 0.277 e. The first-order chi connectivity index (χ1) is 14.4. The van der Waals surface area contributed by atoms with Crippen molar-refractivity contribution in [2.45, 2.75) is 19.1 Å². The van der Waals surface area contributed by atoms with Crippen molar-refractivity contribution in [3.8, 4) is 0 Å². The molecular weight excluding hydrogens is 432 g/mol. The Morgan fingerprint density at radius 2 is 1.68 bits per heavy atom. The summed E-state index contributed by atoms with van der Waals surface area (Å²) in [5, 5.41) is 23.7. The third-order valence-corrected chi connectivity index (χ3v) is 6.42. The fraction of sp³-hybridized carbons (Fsp3) is 0.176. The quantitative estimate of drug-likeness (QED) is 0.420. The van der Waals surface area contributed by atoms with Crippen LogP contribution in [0.4, 0.5) is 23.0 Å². The second-order valence-corrected chi connectivity index (χ2v) is 9.08. The van der Waals surface area contributed by atoms with Crippen LogP contribution < -0.4 is 11.1 Å². The molecule has 1 aromatic heterocycles. The number of amides is 1. The summed E-state index contributed by atoms with van der Waals surface area (Å²) in [4.78, 5) is 36.9. The molecule has 0 radical (unpaired) electrons. The lowest BCUT2D eigenvalue weighted by Crippen LogP contribution is -2.23. The molecule has 0 aliphatic rings. The zero-order valence-corrected chi connectivity index (χ0v) is 17.0. The molecule has 0 atom stereocenters. The van der Waals surface area contributed by atoms with Crippen LogP contribution in [0.15, 0.2) is 36.4 Å². The van der Waals surface area contributed by atoms with Gasteiger partial charge in [-0.2, -0.15) is 0 Å². The van der Waals surface area contributed by atoms with Gasteiger partial charge in [-0.1, -0.05) is 0 Å². The number of hydrogen-bond donors (Lipinski definition) is 2. The number of carbonyl (C=O) groups is 1. The standard InChI is InChI=1S/C17H16N6O7S/c1-9(2)31(29,30)21-15-7-11(3-4-14(15)20-17(21)18)19-16(24)10-5-12(22(25)26)8-13(6-10)23(27)28/h3-9H,1-2H3,(H2,18,20)(H,19,24). The van der Waals surface area contributed by atoms with Gasteiger partial charge in [-0.25, -0.2) is 17.4 Å². The Morgan fingerprint density at radius 3 is 2.19 bits per heavy atom. The normalized spacial score (nSPS) is 11.6. The van der Waals surface area contributed by atoms with Gasteiger partial charge < -0.3 is 11.1 Å². The van der Waals surface area contributed by atoms with Crippen molar-refractivity contribution >= 4 is 50.0 Å². The highest BCUT2D eigenvalue weighted by atomic mass is 32.2. The van der Waals surface area contributed by atoms with Crippen LogP contribution >= 0.6 is 0 Å². The van der Waals surface area contributed by atoms with E-state index in [1.165, 1.54) is 32.0 Å². The number of carbonyl (C=O) groups excluding carboxylic acids is 1. The van der Waals surface area contributed by atoms with Gasteiger partial charge in [0.05, 0.1) is 37.8 Å². The molecule has 3 N–H and O–H groups in total. The van der Waals surface area contributed by atoms with Gasteiger partial charge in [0.15, 0.2) is 0 Å². The van der Waals surface area contributed by atoms with E-state index in [-0.39, 0.29) is 28.2 Å². The number of nitrogen functional groups attached to an aromatic ring is 1. The van der Waals surface area contributed by atoms with Crippen LogP contribution in [0.25, 0.3) is 11.0 Å². The molecule has 3 aromatic rings. The maximum absolute atomic E-state index is 12.6. The lowest BCUT2D eigenvalue weighted by molar-refractivity contribution is -0.394. The molecule has 0 fully saturated rings. The second kappa shape index (κ2) is 7.64. The molecule has 0 unspecified atom stereocenters. The molecule has 13 nitrogen and oxygen atoms in total. The highest BCUT2D eigenvalue weighted by Gasteiger charge is 2.25. The number of non-ortho nitro benzene ring substituents is 2. The van der Waals surface area contributed by atoms with Gasteiger partial charge in [-0.05, 0) is 32.0 Å². The maximum atomic E-state index is 12.6. The summed E-state index contributed by atoms with van der Waals surface area (Å²) < 4.78 is 26.1. The molecule has 0 saturated carbocycles. The first-order valence-corrected chi connectivity index (χ1v) is 10.2. The topological polar surface area (TPSA) is 193 Å². The number of anilines is 2. The minimum Gasteiger partial charge on any atom is -0.368 e. The molecule has 1 amide bonds. The smallest absolute Gasteiger partial charge is 0.277 e. The highest BCUT2D eigenvalue weighted by Crippen LogP contribution is 2.27. The van der Waals surface area contributed by atoms with E-state index >= 15 is 0 Å². The number of rotatable bonds is 6. The predicted octanol–water partition coefficient (Wildman–Crippen LogP) is 2.27. The number of nitrogens with two attached hydrogens (primary N) is 1. The van der Waals surface area contributed by atoms with E-state index in [2.05, 4.69) is 10.3 Å². The predicted molar refractivity (Wildman–Crippen MR) is 111 cm³/mol. The van der Waals surface area contributed by atoms with Crippen LogP contribution in [0, 0.1) is 20.2 Å². The Morgan fingerprint density at radius 1 is 1.10 bits per heavy atom. The molecule has 14 heteroatoms. The van der Waals surface area contributed by atoms with Gasteiger partial charge >= 0.3 is 0 Å².